The van der Waals surface area contributed by atoms with Gasteiger partial charge in [0.25, 0.3) is 0 Å². The summed E-state index contributed by atoms with van der Waals surface area (Å²) in [6.07, 6.45) is 1.72. The number of aromatic nitrogens is 1. The molecule has 3 nitrogen and oxygen atoms in total. The molecule has 0 saturated heterocycles. The Balaban J connectivity index is 2.11. The number of ketones is 1. The van der Waals surface area contributed by atoms with Crippen molar-refractivity contribution in [3.8, 4) is 10.6 Å². The third-order valence-electron chi connectivity index (χ3n) is 2.20. The Morgan fingerprint density at radius 1 is 1.28 bits per heavy atom. The van der Waals surface area contributed by atoms with Crippen molar-refractivity contribution in [3.63, 3.8) is 0 Å². The fraction of sp³-hybridized carbons (Fsp3) is 0.154. The molecule has 2 aromatic heterocycles. The van der Waals surface area contributed by atoms with Crippen LogP contribution in [-0.4, -0.2) is 21.6 Å². The summed E-state index contributed by atoms with van der Waals surface area (Å²) in [4.78, 5) is 28.5. The monoisotopic (exact) mass is 277 g/mol. The van der Waals surface area contributed by atoms with Crippen molar-refractivity contribution in [2.45, 2.75) is 6.92 Å². The zero-order valence-corrected chi connectivity index (χ0v) is 11.4. The highest BCUT2D eigenvalue weighted by Gasteiger charge is 2.11. The van der Waals surface area contributed by atoms with Gasteiger partial charge in [-0.05, 0) is 24.3 Å². The highest BCUT2D eigenvalue weighted by Crippen LogP contribution is 2.27. The number of Topliss-reactive ketones (excluding diaryl/α,β-unsaturated/α-hetero) is 1. The van der Waals surface area contributed by atoms with E-state index in [-0.39, 0.29) is 16.7 Å². The molecule has 0 bridgehead atoms. The largest absolute Gasteiger partial charge is 0.292 e. The summed E-state index contributed by atoms with van der Waals surface area (Å²) in [5.41, 5.74) is 0.862. The molecule has 92 valence electrons. The Bertz CT molecular complexity index is 563. The smallest absolute Gasteiger partial charge is 0.186 e. The maximum Gasteiger partial charge on any atom is 0.186 e. The molecule has 0 radical (unpaired) electrons. The first-order valence-corrected chi connectivity index (χ1v) is 7.15. The van der Waals surface area contributed by atoms with E-state index < -0.39 is 0 Å². The summed E-state index contributed by atoms with van der Waals surface area (Å²) in [5.74, 6) is 0.194. The molecule has 0 aliphatic rings. The zero-order valence-electron chi connectivity index (χ0n) is 9.75. The lowest BCUT2D eigenvalue weighted by Crippen LogP contribution is -2.01. The SMILES string of the molecule is CC(=O)SCC(=O)c1ccc(-c2ccccn2)s1. The van der Waals surface area contributed by atoms with Crippen LogP contribution in [0.2, 0.25) is 0 Å². The molecule has 0 atom stereocenters. The molecule has 0 amide bonds. The van der Waals surface area contributed by atoms with Crippen LogP contribution in [0, 0.1) is 0 Å². The molecule has 0 aliphatic carbocycles. The van der Waals surface area contributed by atoms with Crippen LogP contribution in [-0.2, 0) is 4.79 Å². The first kappa shape index (κ1) is 13.0. The summed E-state index contributed by atoms with van der Waals surface area (Å²) in [7, 11) is 0. The highest BCUT2D eigenvalue weighted by molar-refractivity contribution is 8.14. The summed E-state index contributed by atoms with van der Waals surface area (Å²) in [6, 6.07) is 9.35. The maximum atomic E-state index is 11.8. The molecule has 0 fully saturated rings. The first-order valence-electron chi connectivity index (χ1n) is 5.34. The van der Waals surface area contributed by atoms with Gasteiger partial charge in [0, 0.05) is 13.1 Å². The van der Waals surface area contributed by atoms with Gasteiger partial charge in [0.05, 0.1) is 21.2 Å². The van der Waals surface area contributed by atoms with E-state index >= 15 is 0 Å². The van der Waals surface area contributed by atoms with Gasteiger partial charge in [-0.25, -0.2) is 0 Å². The highest BCUT2D eigenvalue weighted by atomic mass is 32.2. The topological polar surface area (TPSA) is 47.0 Å². The molecule has 0 N–H and O–H groups in total. The Labute approximate surface area is 113 Å². The van der Waals surface area contributed by atoms with Gasteiger partial charge in [-0.2, -0.15) is 0 Å². The molecule has 2 heterocycles. The molecular weight excluding hydrogens is 266 g/mol. The Kier molecular flexibility index (Phi) is 4.28. The Morgan fingerprint density at radius 3 is 2.78 bits per heavy atom. The van der Waals surface area contributed by atoms with Crippen molar-refractivity contribution in [1.82, 2.24) is 4.98 Å². The molecule has 5 heteroatoms. The average molecular weight is 277 g/mol. The van der Waals surface area contributed by atoms with Crippen LogP contribution in [0.1, 0.15) is 16.6 Å². The standard InChI is InChI=1S/C13H11NO2S2/c1-9(15)17-8-11(16)13-6-5-12(18-13)10-4-2-3-7-14-10/h2-7H,8H2,1H3. The molecule has 0 aliphatic heterocycles. The van der Waals surface area contributed by atoms with E-state index in [1.165, 1.54) is 18.3 Å². The molecule has 2 aromatic rings. The quantitative estimate of drug-likeness (QED) is 0.805. The molecule has 18 heavy (non-hydrogen) atoms. The lowest BCUT2D eigenvalue weighted by atomic mass is 10.3. The van der Waals surface area contributed by atoms with E-state index in [1.54, 1.807) is 12.3 Å². The molecule has 0 saturated carbocycles. The van der Waals surface area contributed by atoms with Gasteiger partial charge in [-0.3, -0.25) is 14.6 Å². The van der Waals surface area contributed by atoms with Gasteiger partial charge < -0.3 is 0 Å². The summed E-state index contributed by atoms with van der Waals surface area (Å²) in [5, 5.41) is -0.0372. The molecule has 0 spiro atoms. The van der Waals surface area contributed by atoms with Crippen molar-refractivity contribution in [2.75, 3.05) is 5.75 Å². The van der Waals surface area contributed by atoms with Crippen LogP contribution < -0.4 is 0 Å². The van der Waals surface area contributed by atoms with E-state index in [0.717, 1.165) is 22.3 Å². The normalized spacial score (nSPS) is 10.3. The second-order valence-electron chi connectivity index (χ2n) is 3.58. The number of carbonyl (C=O) groups excluding carboxylic acids is 2. The number of hydrogen-bond donors (Lipinski definition) is 0. The van der Waals surface area contributed by atoms with Crippen molar-refractivity contribution in [2.24, 2.45) is 0 Å². The Morgan fingerprint density at radius 2 is 2.11 bits per heavy atom. The van der Waals surface area contributed by atoms with Gasteiger partial charge in [0.1, 0.15) is 0 Å². The minimum Gasteiger partial charge on any atom is -0.292 e. The van der Waals surface area contributed by atoms with E-state index in [9.17, 15) is 9.59 Å². The van der Waals surface area contributed by atoms with E-state index in [0.29, 0.717) is 4.88 Å². The maximum absolute atomic E-state index is 11.8. The van der Waals surface area contributed by atoms with Crippen LogP contribution in [0.15, 0.2) is 36.5 Å². The van der Waals surface area contributed by atoms with Gasteiger partial charge in [-0.15, -0.1) is 11.3 Å². The minimum absolute atomic E-state index is 0.0117. The predicted octanol–water partition coefficient (Wildman–Crippen LogP) is 3.27. The van der Waals surface area contributed by atoms with Crippen LogP contribution >= 0.6 is 23.1 Å². The number of thioether (sulfide) groups is 1. The number of nitrogens with zero attached hydrogens (tertiary/aromatic N) is 1. The van der Waals surface area contributed by atoms with E-state index in [1.807, 2.05) is 24.3 Å². The van der Waals surface area contributed by atoms with Crippen LogP contribution in [0.25, 0.3) is 10.6 Å². The van der Waals surface area contributed by atoms with Crippen LogP contribution in [0.3, 0.4) is 0 Å². The summed E-state index contributed by atoms with van der Waals surface area (Å²) in [6.45, 7) is 1.46. The van der Waals surface area contributed by atoms with Gasteiger partial charge in [0.2, 0.25) is 0 Å². The average Bonchev–Trinajstić information content (AvgIpc) is 2.86. The molecule has 2 rings (SSSR count). The number of hydrogen-bond acceptors (Lipinski definition) is 5. The fourth-order valence-electron chi connectivity index (χ4n) is 1.37. The van der Waals surface area contributed by atoms with E-state index in [4.69, 9.17) is 0 Å². The fourth-order valence-corrected chi connectivity index (χ4v) is 2.87. The lowest BCUT2D eigenvalue weighted by molar-refractivity contribution is -0.109. The Hall–Kier alpha value is -1.46. The van der Waals surface area contributed by atoms with Crippen molar-refractivity contribution in [1.29, 1.82) is 0 Å². The van der Waals surface area contributed by atoms with E-state index in [2.05, 4.69) is 4.98 Å². The van der Waals surface area contributed by atoms with Crippen LogP contribution in [0.4, 0.5) is 0 Å². The minimum atomic E-state index is -0.0372. The summed E-state index contributed by atoms with van der Waals surface area (Å²) < 4.78 is 0. The number of thiophene rings is 1. The lowest BCUT2D eigenvalue weighted by Gasteiger charge is -1.95. The predicted molar refractivity (Wildman–Crippen MR) is 75.0 cm³/mol. The van der Waals surface area contributed by atoms with Crippen LogP contribution in [0.5, 0.6) is 0 Å². The third-order valence-corrected chi connectivity index (χ3v) is 4.17. The second-order valence-corrected chi connectivity index (χ2v) is 5.82. The van der Waals surface area contributed by atoms with Gasteiger partial charge in [-0.1, -0.05) is 17.8 Å². The van der Waals surface area contributed by atoms with Crippen molar-refractivity contribution in [3.05, 3.63) is 41.4 Å². The summed E-state index contributed by atoms with van der Waals surface area (Å²) >= 11 is 2.45. The van der Waals surface area contributed by atoms with Crippen molar-refractivity contribution < 1.29 is 9.59 Å². The molecule has 0 aromatic carbocycles. The molecule has 0 unspecified atom stereocenters. The third kappa shape index (κ3) is 3.27. The zero-order chi connectivity index (χ0) is 13.0. The number of carbonyl (C=O) groups is 2. The number of pyridine rings is 1. The number of rotatable bonds is 4. The molecular formula is C13H11NO2S2. The van der Waals surface area contributed by atoms with Gasteiger partial charge in [0.15, 0.2) is 10.9 Å². The van der Waals surface area contributed by atoms with Gasteiger partial charge >= 0.3 is 0 Å². The second kappa shape index (κ2) is 5.93. The first-order chi connectivity index (χ1) is 8.66. The van der Waals surface area contributed by atoms with Crippen molar-refractivity contribution >= 4 is 34.0 Å².